The van der Waals surface area contributed by atoms with Gasteiger partial charge in [0.25, 0.3) is 0 Å². The van der Waals surface area contributed by atoms with Gasteiger partial charge in [0, 0.05) is 19.0 Å². The van der Waals surface area contributed by atoms with Crippen molar-refractivity contribution in [1.82, 2.24) is 10.2 Å². The van der Waals surface area contributed by atoms with E-state index in [4.69, 9.17) is 0 Å². The SMILES string of the molecule is CC(C)CC1NC(=O)CCN(C2CCCC2C)C1=O. The molecule has 2 fully saturated rings. The highest BCUT2D eigenvalue weighted by molar-refractivity contribution is 5.90. The van der Waals surface area contributed by atoms with E-state index < -0.39 is 0 Å². The van der Waals surface area contributed by atoms with Gasteiger partial charge < -0.3 is 10.2 Å². The van der Waals surface area contributed by atoms with Crippen LogP contribution in [-0.4, -0.2) is 35.3 Å². The standard InChI is InChI=1S/C15H26N2O2/c1-10(2)9-12-15(19)17(8-7-14(18)16-12)13-6-4-5-11(13)3/h10-13H,4-9H2,1-3H3,(H,16,18). The van der Waals surface area contributed by atoms with Gasteiger partial charge in [-0.1, -0.05) is 27.2 Å². The maximum absolute atomic E-state index is 12.7. The lowest BCUT2D eigenvalue weighted by atomic mass is 10.00. The minimum Gasteiger partial charge on any atom is -0.344 e. The van der Waals surface area contributed by atoms with Crippen LogP contribution in [0.3, 0.4) is 0 Å². The van der Waals surface area contributed by atoms with Gasteiger partial charge in [0.15, 0.2) is 0 Å². The number of carbonyl (C=O) groups excluding carboxylic acids is 2. The van der Waals surface area contributed by atoms with Crippen LogP contribution in [0.15, 0.2) is 0 Å². The molecule has 1 heterocycles. The van der Waals surface area contributed by atoms with Gasteiger partial charge in [0.05, 0.1) is 0 Å². The number of hydrogen-bond donors (Lipinski definition) is 1. The van der Waals surface area contributed by atoms with Crippen LogP contribution in [0.2, 0.25) is 0 Å². The molecule has 0 spiro atoms. The third-order valence-corrected chi connectivity index (χ3v) is 4.42. The van der Waals surface area contributed by atoms with Crippen molar-refractivity contribution in [2.24, 2.45) is 11.8 Å². The molecule has 2 aliphatic rings. The molecule has 19 heavy (non-hydrogen) atoms. The molecule has 1 saturated carbocycles. The van der Waals surface area contributed by atoms with Crippen LogP contribution < -0.4 is 5.32 Å². The van der Waals surface area contributed by atoms with Crippen LogP contribution in [0.5, 0.6) is 0 Å². The zero-order valence-corrected chi connectivity index (χ0v) is 12.3. The Labute approximate surface area is 115 Å². The van der Waals surface area contributed by atoms with Gasteiger partial charge in [-0.05, 0) is 31.1 Å². The van der Waals surface area contributed by atoms with Crippen molar-refractivity contribution in [3.05, 3.63) is 0 Å². The molecule has 1 N–H and O–H groups in total. The van der Waals surface area contributed by atoms with Crippen molar-refractivity contribution in [3.8, 4) is 0 Å². The lowest BCUT2D eigenvalue weighted by Gasteiger charge is -2.32. The summed E-state index contributed by atoms with van der Waals surface area (Å²) in [4.78, 5) is 26.4. The summed E-state index contributed by atoms with van der Waals surface area (Å²) in [6, 6.07) is 0.0256. The third kappa shape index (κ3) is 3.28. The highest BCUT2D eigenvalue weighted by Gasteiger charge is 2.37. The first-order valence-corrected chi connectivity index (χ1v) is 7.59. The van der Waals surface area contributed by atoms with Gasteiger partial charge in [-0.3, -0.25) is 9.59 Å². The first-order chi connectivity index (χ1) is 8.99. The van der Waals surface area contributed by atoms with E-state index in [-0.39, 0.29) is 17.9 Å². The second-order valence-electron chi connectivity index (χ2n) is 6.51. The van der Waals surface area contributed by atoms with E-state index in [0.717, 1.165) is 12.8 Å². The van der Waals surface area contributed by atoms with Gasteiger partial charge in [0.1, 0.15) is 6.04 Å². The number of carbonyl (C=O) groups is 2. The van der Waals surface area contributed by atoms with Crippen molar-refractivity contribution in [1.29, 1.82) is 0 Å². The Kier molecular flexibility index (Phi) is 4.48. The Balaban J connectivity index is 2.13. The molecule has 0 radical (unpaired) electrons. The summed E-state index contributed by atoms with van der Waals surface area (Å²) in [6.07, 6.45) is 4.68. The normalized spacial score (nSPS) is 32.6. The molecular weight excluding hydrogens is 240 g/mol. The molecule has 2 rings (SSSR count). The first-order valence-electron chi connectivity index (χ1n) is 7.59. The summed E-state index contributed by atoms with van der Waals surface area (Å²) in [5, 5.41) is 2.90. The molecule has 0 bridgehead atoms. The van der Waals surface area contributed by atoms with Crippen molar-refractivity contribution in [2.45, 2.75) is 65.0 Å². The molecule has 108 valence electrons. The smallest absolute Gasteiger partial charge is 0.245 e. The number of amides is 2. The molecule has 0 aromatic rings. The lowest BCUT2D eigenvalue weighted by Crippen LogP contribution is -2.49. The van der Waals surface area contributed by atoms with E-state index in [1.165, 1.54) is 12.8 Å². The summed E-state index contributed by atoms with van der Waals surface area (Å²) < 4.78 is 0. The number of nitrogens with one attached hydrogen (secondary N) is 1. The largest absolute Gasteiger partial charge is 0.344 e. The van der Waals surface area contributed by atoms with E-state index in [9.17, 15) is 9.59 Å². The lowest BCUT2D eigenvalue weighted by molar-refractivity contribution is -0.136. The fourth-order valence-electron chi connectivity index (χ4n) is 3.41. The predicted molar refractivity (Wildman–Crippen MR) is 74.5 cm³/mol. The van der Waals surface area contributed by atoms with E-state index in [2.05, 4.69) is 26.1 Å². The summed E-state index contributed by atoms with van der Waals surface area (Å²) in [6.45, 7) is 7.00. The van der Waals surface area contributed by atoms with Crippen LogP contribution in [0.1, 0.15) is 52.9 Å². The second-order valence-corrected chi connectivity index (χ2v) is 6.51. The van der Waals surface area contributed by atoms with Crippen molar-refractivity contribution < 1.29 is 9.59 Å². The van der Waals surface area contributed by atoms with Gasteiger partial charge in [-0.15, -0.1) is 0 Å². The van der Waals surface area contributed by atoms with Crippen molar-refractivity contribution in [2.75, 3.05) is 6.54 Å². The quantitative estimate of drug-likeness (QED) is 0.848. The minimum atomic E-state index is -0.317. The van der Waals surface area contributed by atoms with Gasteiger partial charge >= 0.3 is 0 Å². The molecule has 0 aromatic heterocycles. The molecular formula is C15H26N2O2. The maximum atomic E-state index is 12.7. The van der Waals surface area contributed by atoms with Crippen LogP contribution in [0, 0.1) is 11.8 Å². The fourth-order valence-corrected chi connectivity index (χ4v) is 3.41. The molecule has 2 amide bonds. The van der Waals surface area contributed by atoms with Crippen molar-refractivity contribution >= 4 is 11.8 Å². The second kappa shape index (κ2) is 5.93. The Morgan fingerprint density at radius 3 is 2.63 bits per heavy atom. The summed E-state index contributed by atoms with van der Waals surface area (Å²) >= 11 is 0. The number of rotatable bonds is 3. The van der Waals surface area contributed by atoms with Gasteiger partial charge in [0.2, 0.25) is 11.8 Å². The molecule has 0 aromatic carbocycles. The van der Waals surface area contributed by atoms with Gasteiger partial charge in [-0.25, -0.2) is 0 Å². The van der Waals surface area contributed by atoms with E-state index in [1.54, 1.807) is 0 Å². The number of hydrogen-bond acceptors (Lipinski definition) is 2. The monoisotopic (exact) mass is 266 g/mol. The Bertz CT molecular complexity index is 354. The first kappa shape index (κ1) is 14.4. The van der Waals surface area contributed by atoms with E-state index >= 15 is 0 Å². The fraction of sp³-hybridized carbons (Fsp3) is 0.867. The van der Waals surface area contributed by atoms with Crippen LogP contribution in [-0.2, 0) is 9.59 Å². The van der Waals surface area contributed by atoms with Crippen LogP contribution in [0.4, 0.5) is 0 Å². The number of nitrogens with zero attached hydrogens (tertiary/aromatic N) is 1. The Hall–Kier alpha value is -1.06. The molecule has 1 aliphatic carbocycles. The summed E-state index contributed by atoms with van der Waals surface area (Å²) in [5.41, 5.74) is 0. The maximum Gasteiger partial charge on any atom is 0.245 e. The minimum absolute atomic E-state index is 0.0205. The molecule has 3 atom stereocenters. The zero-order chi connectivity index (χ0) is 14.0. The highest BCUT2D eigenvalue weighted by atomic mass is 16.2. The van der Waals surface area contributed by atoms with Gasteiger partial charge in [-0.2, -0.15) is 0 Å². The molecule has 4 nitrogen and oxygen atoms in total. The zero-order valence-electron chi connectivity index (χ0n) is 12.3. The topological polar surface area (TPSA) is 49.4 Å². The summed E-state index contributed by atoms with van der Waals surface area (Å²) in [5.74, 6) is 1.14. The van der Waals surface area contributed by atoms with E-state index in [1.807, 2.05) is 4.90 Å². The van der Waals surface area contributed by atoms with E-state index in [0.29, 0.717) is 30.8 Å². The summed E-state index contributed by atoms with van der Waals surface area (Å²) in [7, 11) is 0. The Morgan fingerprint density at radius 1 is 1.32 bits per heavy atom. The Morgan fingerprint density at radius 2 is 2.05 bits per heavy atom. The molecule has 4 heteroatoms. The average Bonchev–Trinajstić information content (AvgIpc) is 2.69. The molecule has 1 saturated heterocycles. The van der Waals surface area contributed by atoms with Crippen LogP contribution >= 0.6 is 0 Å². The third-order valence-electron chi connectivity index (χ3n) is 4.42. The molecule has 1 aliphatic heterocycles. The van der Waals surface area contributed by atoms with Crippen molar-refractivity contribution in [3.63, 3.8) is 0 Å². The van der Waals surface area contributed by atoms with Crippen LogP contribution in [0.25, 0.3) is 0 Å². The average molecular weight is 266 g/mol. The molecule has 3 unspecified atom stereocenters. The highest BCUT2D eigenvalue weighted by Crippen LogP contribution is 2.31. The predicted octanol–water partition coefficient (Wildman–Crippen LogP) is 1.94.